The summed E-state index contributed by atoms with van der Waals surface area (Å²) in [5, 5.41) is 12.3. The van der Waals surface area contributed by atoms with E-state index < -0.39 is 17.5 Å². The van der Waals surface area contributed by atoms with Crippen molar-refractivity contribution in [3.63, 3.8) is 0 Å². The largest absolute Gasteiger partial charge is 0.339 e. The number of likely N-dealkylation sites (tertiary alicyclic amines) is 1. The molecular weight excluding hydrogens is 420 g/mol. The zero-order valence-electron chi connectivity index (χ0n) is 18.2. The normalized spacial score (nSPS) is 21.1. The molecule has 1 unspecified atom stereocenters. The van der Waals surface area contributed by atoms with E-state index in [2.05, 4.69) is 25.8 Å². The molecule has 3 aromatic rings. The minimum atomic E-state index is -1.13. The Labute approximate surface area is 190 Å². The van der Waals surface area contributed by atoms with Crippen LogP contribution in [0.25, 0.3) is 11.4 Å². The molecule has 0 saturated carbocycles. The highest BCUT2D eigenvalue weighted by atomic mass is 16.2. The Kier molecular flexibility index (Phi) is 5.16. The minimum absolute atomic E-state index is 0.0485. The fraction of sp³-hybridized carbons (Fsp3) is 0.292. The number of carbonyl (C=O) groups excluding carboxylic acids is 3. The summed E-state index contributed by atoms with van der Waals surface area (Å²) in [5.41, 5.74) is 1.02. The number of aromatic nitrogens is 3. The molecule has 4 amide bonds. The number of piperidine rings is 1. The second kappa shape index (κ2) is 8.16. The highest BCUT2D eigenvalue weighted by molar-refractivity contribution is 6.07. The highest BCUT2D eigenvalue weighted by Gasteiger charge is 2.43. The number of rotatable bonds is 4. The van der Waals surface area contributed by atoms with Crippen molar-refractivity contribution < 1.29 is 14.4 Å². The molecule has 5 rings (SSSR count). The molecule has 0 bridgehead atoms. The van der Waals surface area contributed by atoms with Crippen LogP contribution in [0.3, 0.4) is 0 Å². The average molecular weight is 444 g/mol. The zero-order valence-corrected chi connectivity index (χ0v) is 18.2. The highest BCUT2D eigenvalue weighted by Crippen LogP contribution is 2.29. The number of urea groups is 1. The first kappa shape index (κ1) is 20.9. The molecule has 0 spiro atoms. The number of H-pyrrole nitrogens is 1. The molecule has 0 radical (unpaired) electrons. The number of carbonyl (C=O) groups is 3. The minimum Gasteiger partial charge on any atom is -0.339 e. The Balaban J connectivity index is 1.22. The summed E-state index contributed by atoms with van der Waals surface area (Å²) >= 11 is 0. The third-order valence-corrected chi connectivity index (χ3v) is 6.46. The summed E-state index contributed by atoms with van der Waals surface area (Å²) in [7, 11) is 0. The third-order valence-electron chi connectivity index (χ3n) is 6.46. The Morgan fingerprint density at radius 2 is 1.73 bits per heavy atom. The molecule has 1 atom stereocenters. The molecule has 1 aromatic heterocycles. The van der Waals surface area contributed by atoms with Crippen LogP contribution in [0.1, 0.15) is 47.4 Å². The summed E-state index contributed by atoms with van der Waals surface area (Å²) in [4.78, 5) is 43.1. The number of nitrogens with zero attached hydrogens (tertiary/aromatic N) is 3. The number of aromatic amines is 1. The summed E-state index contributed by atoms with van der Waals surface area (Å²) in [5.74, 6) is 1.32. The van der Waals surface area contributed by atoms with E-state index in [9.17, 15) is 14.4 Å². The molecule has 168 valence electrons. The second-order valence-electron chi connectivity index (χ2n) is 8.59. The molecule has 9 nitrogen and oxygen atoms in total. The molecular formula is C24H24N6O3. The number of hydrogen-bond acceptors (Lipinski definition) is 5. The Morgan fingerprint density at radius 1 is 1.03 bits per heavy atom. The number of benzene rings is 2. The van der Waals surface area contributed by atoms with E-state index in [1.165, 1.54) is 0 Å². The topological polar surface area (TPSA) is 120 Å². The fourth-order valence-electron chi connectivity index (χ4n) is 4.40. The van der Waals surface area contributed by atoms with Gasteiger partial charge in [0, 0.05) is 30.1 Å². The van der Waals surface area contributed by atoms with Crippen LogP contribution < -0.4 is 10.6 Å². The molecule has 2 aliphatic rings. The predicted octanol–water partition coefficient (Wildman–Crippen LogP) is 2.55. The van der Waals surface area contributed by atoms with Gasteiger partial charge in [0.15, 0.2) is 5.82 Å². The molecule has 2 saturated heterocycles. The average Bonchev–Trinajstić information content (AvgIpc) is 3.44. The van der Waals surface area contributed by atoms with Crippen LogP contribution in [-0.4, -0.2) is 51.0 Å². The first-order chi connectivity index (χ1) is 15.9. The van der Waals surface area contributed by atoms with Gasteiger partial charge in [0.2, 0.25) is 0 Å². The monoisotopic (exact) mass is 444 g/mol. The van der Waals surface area contributed by atoms with Crippen molar-refractivity contribution in [3.05, 3.63) is 71.5 Å². The molecule has 2 fully saturated rings. The van der Waals surface area contributed by atoms with Gasteiger partial charge < -0.3 is 10.2 Å². The van der Waals surface area contributed by atoms with E-state index >= 15 is 0 Å². The van der Waals surface area contributed by atoms with E-state index in [-0.39, 0.29) is 11.8 Å². The third kappa shape index (κ3) is 3.86. The smallest absolute Gasteiger partial charge is 0.322 e. The molecule has 0 aliphatic carbocycles. The van der Waals surface area contributed by atoms with Gasteiger partial charge in [0.1, 0.15) is 11.4 Å². The van der Waals surface area contributed by atoms with Gasteiger partial charge in [0.25, 0.3) is 11.8 Å². The van der Waals surface area contributed by atoms with Gasteiger partial charge in [-0.05, 0) is 37.5 Å². The summed E-state index contributed by atoms with van der Waals surface area (Å²) in [6.07, 6.45) is 1.61. The fourth-order valence-corrected chi connectivity index (χ4v) is 4.40. The molecule has 2 aliphatic heterocycles. The molecule has 3 heterocycles. The zero-order chi connectivity index (χ0) is 23.0. The van der Waals surface area contributed by atoms with E-state index in [0.29, 0.717) is 30.0 Å². The van der Waals surface area contributed by atoms with Gasteiger partial charge in [-0.2, -0.15) is 5.10 Å². The van der Waals surface area contributed by atoms with Crippen LogP contribution in [0.15, 0.2) is 54.6 Å². The van der Waals surface area contributed by atoms with Crippen LogP contribution in [0.2, 0.25) is 0 Å². The Hall–Kier alpha value is -4.01. The maximum absolute atomic E-state index is 13.0. The number of hydrogen-bond donors (Lipinski definition) is 3. The maximum Gasteiger partial charge on any atom is 0.322 e. The standard InChI is InChI=1S/C24H24N6O3/c1-24(22(32)26-23(33)27-24)18-9-7-17(8-10-18)21(31)30-13-11-16(12-14-30)20-25-19(28-29-20)15-5-3-2-4-6-15/h2-10,16H,11-14H2,1H3,(H,25,28,29)(H2,26,27,32,33). The predicted molar refractivity (Wildman–Crippen MR) is 120 cm³/mol. The van der Waals surface area contributed by atoms with Gasteiger partial charge in [0.05, 0.1) is 0 Å². The van der Waals surface area contributed by atoms with Crippen molar-refractivity contribution in [2.75, 3.05) is 13.1 Å². The van der Waals surface area contributed by atoms with Crippen molar-refractivity contribution >= 4 is 17.8 Å². The molecule has 33 heavy (non-hydrogen) atoms. The lowest BCUT2D eigenvalue weighted by Gasteiger charge is -2.31. The van der Waals surface area contributed by atoms with Gasteiger partial charge >= 0.3 is 6.03 Å². The van der Waals surface area contributed by atoms with Crippen molar-refractivity contribution in [2.24, 2.45) is 0 Å². The van der Waals surface area contributed by atoms with Gasteiger partial charge in [-0.15, -0.1) is 0 Å². The van der Waals surface area contributed by atoms with E-state index in [1.807, 2.05) is 35.2 Å². The Bertz CT molecular complexity index is 1200. The van der Waals surface area contributed by atoms with E-state index in [1.54, 1.807) is 31.2 Å². The lowest BCUT2D eigenvalue weighted by Crippen LogP contribution is -2.40. The lowest BCUT2D eigenvalue weighted by atomic mass is 9.91. The molecule has 9 heteroatoms. The van der Waals surface area contributed by atoms with Crippen LogP contribution in [0, 0.1) is 0 Å². The van der Waals surface area contributed by atoms with Crippen molar-refractivity contribution in [1.82, 2.24) is 30.7 Å². The van der Waals surface area contributed by atoms with Crippen LogP contribution in [0.4, 0.5) is 4.79 Å². The second-order valence-corrected chi connectivity index (χ2v) is 8.59. The quantitative estimate of drug-likeness (QED) is 0.534. The number of nitrogens with one attached hydrogen (secondary N) is 3. The van der Waals surface area contributed by atoms with Crippen LogP contribution in [-0.2, 0) is 10.3 Å². The van der Waals surface area contributed by atoms with Gasteiger partial charge in [-0.3, -0.25) is 20.0 Å². The van der Waals surface area contributed by atoms with E-state index in [0.717, 1.165) is 24.2 Å². The molecule has 3 N–H and O–H groups in total. The summed E-state index contributed by atoms with van der Waals surface area (Å²) < 4.78 is 0. The SMILES string of the molecule is CC1(c2ccc(C(=O)N3CCC(c4nc(-c5ccccc5)n[nH]4)CC3)cc2)NC(=O)NC1=O. The van der Waals surface area contributed by atoms with Crippen molar-refractivity contribution in [3.8, 4) is 11.4 Å². The molecule has 2 aromatic carbocycles. The lowest BCUT2D eigenvalue weighted by molar-refractivity contribution is -0.123. The first-order valence-corrected chi connectivity index (χ1v) is 11.0. The van der Waals surface area contributed by atoms with Gasteiger partial charge in [-0.25, -0.2) is 9.78 Å². The number of imide groups is 1. The first-order valence-electron chi connectivity index (χ1n) is 11.0. The number of amides is 4. The van der Waals surface area contributed by atoms with Crippen LogP contribution >= 0.6 is 0 Å². The van der Waals surface area contributed by atoms with E-state index in [4.69, 9.17) is 0 Å². The van der Waals surface area contributed by atoms with Crippen molar-refractivity contribution in [2.45, 2.75) is 31.2 Å². The maximum atomic E-state index is 13.0. The van der Waals surface area contributed by atoms with Crippen molar-refractivity contribution in [1.29, 1.82) is 0 Å². The Morgan fingerprint density at radius 3 is 2.36 bits per heavy atom. The van der Waals surface area contributed by atoms with Crippen LogP contribution in [0.5, 0.6) is 0 Å². The summed E-state index contributed by atoms with van der Waals surface area (Å²) in [6, 6.07) is 16.1. The summed E-state index contributed by atoms with van der Waals surface area (Å²) in [6.45, 7) is 2.90. The van der Waals surface area contributed by atoms with Gasteiger partial charge in [-0.1, -0.05) is 42.5 Å².